The van der Waals surface area contributed by atoms with Gasteiger partial charge in [0.15, 0.2) is 5.82 Å². The number of hydrogen-bond acceptors (Lipinski definition) is 6. The number of rotatable bonds is 9. The molecule has 1 unspecified atom stereocenters. The van der Waals surface area contributed by atoms with Crippen LogP contribution >= 0.6 is 11.6 Å². The lowest BCUT2D eigenvalue weighted by molar-refractivity contribution is 0.295. The molecular weight excluding hydrogens is 276 g/mol. The summed E-state index contributed by atoms with van der Waals surface area (Å²) in [5.74, 6) is 6.26. The van der Waals surface area contributed by atoms with E-state index in [4.69, 9.17) is 17.4 Å². The van der Waals surface area contributed by atoms with Gasteiger partial charge in [-0.1, -0.05) is 25.4 Å². The summed E-state index contributed by atoms with van der Waals surface area (Å²) in [6.07, 6.45) is 3.73. The van der Waals surface area contributed by atoms with Crippen LogP contribution in [0.1, 0.15) is 33.6 Å². The smallest absolute Gasteiger partial charge is 0.239 e. The van der Waals surface area contributed by atoms with E-state index in [1.165, 1.54) is 6.20 Å². The molecule has 4 N–H and O–H groups in total. The maximum atomic E-state index is 6.06. The van der Waals surface area contributed by atoms with Crippen LogP contribution in [0.4, 0.5) is 11.8 Å². The molecule has 1 atom stereocenters. The number of nitrogens with zero attached hydrogens (tertiary/aromatic N) is 3. The zero-order chi connectivity index (χ0) is 15.0. The Morgan fingerprint density at radius 3 is 2.70 bits per heavy atom. The fraction of sp³-hybridized carbons (Fsp3) is 0.692. The largest absolute Gasteiger partial charge is 0.366 e. The fourth-order valence-electron chi connectivity index (χ4n) is 2.00. The van der Waals surface area contributed by atoms with Crippen LogP contribution in [0.15, 0.2) is 6.20 Å². The van der Waals surface area contributed by atoms with Gasteiger partial charge in [-0.05, 0) is 39.4 Å². The molecule has 0 aliphatic carbocycles. The molecule has 1 rings (SSSR count). The van der Waals surface area contributed by atoms with Crippen molar-refractivity contribution in [1.82, 2.24) is 14.9 Å². The lowest BCUT2D eigenvalue weighted by atomic mass is 10.1. The molecule has 0 spiro atoms. The van der Waals surface area contributed by atoms with Crippen LogP contribution in [0.25, 0.3) is 0 Å². The zero-order valence-electron chi connectivity index (χ0n) is 12.5. The molecule has 0 amide bonds. The third-order valence-electron chi connectivity index (χ3n) is 3.26. The molecule has 0 aliphatic rings. The van der Waals surface area contributed by atoms with Crippen LogP contribution in [0.2, 0.25) is 5.02 Å². The molecule has 1 heterocycles. The van der Waals surface area contributed by atoms with E-state index in [0.29, 0.717) is 22.8 Å². The number of nitrogen functional groups attached to an aromatic ring is 1. The number of nitrogens with two attached hydrogens (primary N) is 1. The van der Waals surface area contributed by atoms with Crippen LogP contribution in [0.3, 0.4) is 0 Å². The Hall–Kier alpha value is -1.11. The van der Waals surface area contributed by atoms with Crippen LogP contribution in [-0.2, 0) is 0 Å². The van der Waals surface area contributed by atoms with Gasteiger partial charge in [0.2, 0.25) is 5.95 Å². The van der Waals surface area contributed by atoms with Gasteiger partial charge < -0.3 is 10.2 Å². The third-order valence-corrected chi connectivity index (χ3v) is 3.54. The highest BCUT2D eigenvalue weighted by Crippen LogP contribution is 2.20. The van der Waals surface area contributed by atoms with Crippen molar-refractivity contribution in [2.45, 2.75) is 39.7 Å². The first-order chi connectivity index (χ1) is 9.60. The minimum atomic E-state index is 0.295. The average Bonchev–Trinajstić information content (AvgIpc) is 2.46. The Morgan fingerprint density at radius 1 is 1.40 bits per heavy atom. The summed E-state index contributed by atoms with van der Waals surface area (Å²) in [7, 11) is 0. The summed E-state index contributed by atoms with van der Waals surface area (Å²) >= 11 is 6.06. The molecule has 0 saturated carbocycles. The molecule has 20 heavy (non-hydrogen) atoms. The van der Waals surface area contributed by atoms with E-state index in [-0.39, 0.29) is 0 Å². The highest BCUT2D eigenvalue weighted by molar-refractivity contribution is 6.32. The van der Waals surface area contributed by atoms with E-state index in [1.54, 1.807) is 0 Å². The van der Waals surface area contributed by atoms with Gasteiger partial charge in [-0.3, -0.25) is 5.43 Å². The van der Waals surface area contributed by atoms with Crippen LogP contribution in [-0.4, -0.2) is 40.5 Å². The maximum Gasteiger partial charge on any atom is 0.239 e. The van der Waals surface area contributed by atoms with Crippen molar-refractivity contribution in [2.75, 3.05) is 30.4 Å². The predicted molar refractivity (Wildman–Crippen MR) is 85.0 cm³/mol. The number of halogens is 1. The quantitative estimate of drug-likeness (QED) is 0.480. The molecule has 0 fully saturated rings. The number of anilines is 2. The second kappa shape index (κ2) is 8.94. The van der Waals surface area contributed by atoms with Crippen LogP contribution < -0.4 is 16.6 Å². The summed E-state index contributed by atoms with van der Waals surface area (Å²) in [6, 6.07) is 0.295. The first-order valence-corrected chi connectivity index (χ1v) is 7.46. The first kappa shape index (κ1) is 16.9. The molecule has 7 heteroatoms. The molecule has 0 saturated heterocycles. The van der Waals surface area contributed by atoms with Crippen molar-refractivity contribution in [3.05, 3.63) is 11.2 Å². The molecular formula is C13H25ClN6. The summed E-state index contributed by atoms with van der Waals surface area (Å²) < 4.78 is 0. The predicted octanol–water partition coefficient (Wildman–Crippen LogP) is 2.34. The van der Waals surface area contributed by atoms with Crippen molar-refractivity contribution in [3.8, 4) is 0 Å². The number of aromatic nitrogens is 2. The molecule has 6 nitrogen and oxygen atoms in total. The Labute approximate surface area is 126 Å². The summed E-state index contributed by atoms with van der Waals surface area (Å²) in [5.41, 5.74) is 2.41. The first-order valence-electron chi connectivity index (χ1n) is 7.08. The average molecular weight is 301 g/mol. The van der Waals surface area contributed by atoms with Crippen molar-refractivity contribution < 1.29 is 0 Å². The number of hydrogen-bond donors (Lipinski definition) is 3. The highest BCUT2D eigenvalue weighted by atomic mass is 35.5. The molecule has 114 valence electrons. The van der Waals surface area contributed by atoms with E-state index in [1.807, 2.05) is 0 Å². The molecule has 0 aromatic carbocycles. The monoisotopic (exact) mass is 300 g/mol. The van der Waals surface area contributed by atoms with E-state index in [2.05, 4.69) is 46.4 Å². The summed E-state index contributed by atoms with van der Waals surface area (Å²) in [4.78, 5) is 10.6. The van der Waals surface area contributed by atoms with Crippen molar-refractivity contribution in [3.63, 3.8) is 0 Å². The lowest BCUT2D eigenvalue weighted by Gasteiger charge is -2.20. The van der Waals surface area contributed by atoms with Crippen LogP contribution in [0, 0.1) is 0 Å². The second-order valence-electron chi connectivity index (χ2n) is 4.75. The molecule has 1 aromatic heterocycles. The van der Waals surface area contributed by atoms with Gasteiger partial charge in [-0.15, -0.1) is 0 Å². The molecule has 0 aliphatic heterocycles. The molecule has 0 bridgehead atoms. The third kappa shape index (κ3) is 5.48. The summed E-state index contributed by atoms with van der Waals surface area (Å²) in [5, 5.41) is 3.80. The van der Waals surface area contributed by atoms with E-state index >= 15 is 0 Å². The maximum absolute atomic E-state index is 6.06. The second-order valence-corrected chi connectivity index (χ2v) is 5.16. The normalized spacial score (nSPS) is 12.5. The van der Waals surface area contributed by atoms with Crippen molar-refractivity contribution in [1.29, 1.82) is 0 Å². The van der Waals surface area contributed by atoms with E-state index < -0.39 is 0 Å². The van der Waals surface area contributed by atoms with Crippen LogP contribution in [0.5, 0.6) is 0 Å². The Morgan fingerprint density at radius 2 is 2.10 bits per heavy atom. The lowest BCUT2D eigenvalue weighted by Crippen LogP contribution is -2.26. The zero-order valence-corrected chi connectivity index (χ0v) is 13.2. The minimum Gasteiger partial charge on any atom is -0.366 e. The van der Waals surface area contributed by atoms with Gasteiger partial charge in [-0.25, -0.2) is 10.8 Å². The highest BCUT2D eigenvalue weighted by Gasteiger charge is 2.09. The van der Waals surface area contributed by atoms with E-state index in [9.17, 15) is 0 Å². The SMILES string of the molecule is CCN(CC)CCCC(C)Nc1nc(NN)ncc1Cl. The molecule has 0 radical (unpaired) electrons. The fourth-order valence-corrected chi connectivity index (χ4v) is 2.15. The Kier molecular flexibility index (Phi) is 7.58. The topological polar surface area (TPSA) is 79.1 Å². The van der Waals surface area contributed by atoms with Gasteiger partial charge in [0.25, 0.3) is 0 Å². The summed E-state index contributed by atoms with van der Waals surface area (Å²) in [6.45, 7) is 9.81. The van der Waals surface area contributed by atoms with Gasteiger partial charge in [-0.2, -0.15) is 4.98 Å². The number of nitrogens with one attached hydrogen (secondary N) is 2. The number of hydrazine groups is 1. The standard InChI is InChI=1S/C13H25ClN6/c1-4-20(5-2)8-6-7-10(3)17-12-11(14)9-16-13(18-12)19-15/h9-10H,4-8,15H2,1-3H3,(H2,16,17,18,19). The van der Waals surface area contributed by atoms with Gasteiger partial charge >= 0.3 is 0 Å². The minimum absolute atomic E-state index is 0.295. The van der Waals surface area contributed by atoms with Gasteiger partial charge in [0.1, 0.15) is 5.02 Å². The van der Waals surface area contributed by atoms with Gasteiger partial charge in [0.05, 0.1) is 6.20 Å². The van der Waals surface area contributed by atoms with E-state index in [0.717, 1.165) is 32.5 Å². The Balaban J connectivity index is 2.44. The van der Waals surface area contributed by atoms with Crippen molar-refractivity contribution in [2.24, 2.45) is 5.84 Å². The van der Waals surface area contributed by atoms with Gasteiger partial charge in [0, 0.05) is 6.04 Å². The van der Waals surface area contributed by atoms with Crippen molar-refractivity contribution >= 4 is 23.4 Å². The Bertz CT molecular complexity index is 396. The molecule has 1 aromatic rings.